The highest BCUT2D eigenvalue weighted by atomic mass is 16.3. The van der Waals surface area contributed by atoms with E-state index in [1.54, 1.807) is 0 Å². The summed E-state index contributed by atoms with van der Waals surface area (Å²) in [4.78, 5) is 14.6. The molecule has 11 aromatic rings. The molecule has 3 heterocycles. The van der Waals surface area contributed by atoms with Crippen molar-refractivity contribution in [1.29, 1.82) is 0 Å². The molecule has 0 saturated heterocycles. The fraction of sp³-hybridized carbons (Fsp3) is 0. The van der Waals surface area contributed by atoms with Crippen LogP contribution in [0.5, 0.6) is 0 Å². The molecule has 8 aromatic carbocycles. The summed E-state index contributed by atoms with van der Waals surface area (Å²) in [6.45, 7) is 0. The van der Waals surface area contributed by atoms with Gasteiger partial charge in [-0.1, -0.05) is 146 Å². The number of furan rings is 1. The van der Waals surface area contributed by atoms with Crippen molar-refractivity contribution in [2.75, 3.05) is 0 Å². The quantitative estimate of drug-likeness (QED) is 0.172. The van der Waals surface area contributed by atoms with E-state index in [2.05, 4.69) is 138 Å². The van der Waals surface area contributed by atoms with Gasteiger partial charge in [0.15, 0.2) is 17.5 Å². The standard InChI is InChI=1S/C51H32N4O/c1-4-12-34(13-5-1)49-52-50(35-14-6-2-7-15-35)54-51(53-49)36-22-20-33(21-23-36)39-25-28-43-44-30-37(26-29-47(44)56-48(43)32-39)38-24-27-42-41-18-10-11-19-45(41)55(46(42)31-38)40-16-8-3-9-17-40/h1-32H. The van der Waals surface area contributed by atoms with Gasteiger partial charge in [0.1, 0.15) is 11.2 Å². The normalized spacial score (nSPS) is 11.6. The first-order valence-corrected chi connectivity index (χ1v) is 18.8. The lowest BCUT2D eigenvalue weighted by molar-refractivity contribution is 0.669. The van der Waals surface area contributed by atoms with E-state index in [4.69, 9.17) is 19.4 Å². The first kappa shape index (κ1) is 31.9. The number of benzene rings is 8. The molecule has 262 valence electrons. The fourth-order valence-corrected chi connectivity index (χ4v) is 7.89. The van der Waals surface area contributed by atoms with Gasteiger partial charge in [-0.3, -0.25) is 0 Å². The summed E-state index contributed by atoms with van der Waals surface area (Å²) in [5, 5.41) is 4.68. The molecule has 0 aliphatic carbocycles. The van der Waals surface area contributed by atoms with Gasteiger partial charge in [0.05, 0.1) is 11.0 Å². The summed E-state index contributed by atoms with van der Waals surface area (Å²) in [6.07, 6.45) is 0. The molecule has 5 heteroatoms. The predicted octanol–water partition coefficient (Wildman–Crippen LogP) is 13.2. The highest BCUT2D eigenvalue weighted by molar-refractivity contribution is 6.11. The first-order valence-electron chi connectivity index (χ1n) is 18.8. The lowest BCUT2D eigenvalue weighted by Gasteiger charge is -2.09. The van der Waals surface area contributed by atoms with Crippen molar-refractivity contribution in [3.8, 4) is 62.1 Å². The molecule has 11 rings (SSSR count). The van der Waals surface area contributed by atoms with Gasteiger partial charge in [-0.2, -0.15) is 0 Å². The predicted molar refractivity (Wildman–Crippen MR) is 229 cm³/mol. The van der Waals surface area contributed by atoms with Crippen molar-refractivity contribution in [2.45, 2.75) is 0 Å². The van der Waals surface area contributed by atoms with Crippen LogP contribution >= 0.6 is 0 Å². The molecule has 0 bridgehead atoms. The molecule has 0 N–H and O–H groups in total. The van der Waals surface area contributed by atoms with Gasteiger partial charge >= 0.3 is 0 Å². The molecule has 56 heavy (non-hydrogen) atoms. The van der Waals surface area contributed by atoms with Crippen LogP contribution in [0.4, 0.5) is 0 Å². The first-order chi connectivity index (χ1) is 27.7. The smallest absolute Gasteiger partial charge is 0.164 e. The van der Waals surface area contributed by atoms with Crippen LogP contribution in [-0.4, -0.2) is 19.5 Å². The Morgan fingerprint density at radius 1 is 0.304 bits per heavy atom. The number of aromatic nitrogens is 4. The minimum atomic E-state index is 0.633. The SMILES string of the molecule is c1ccc(-c2nc(-c3ccccc3)nc(-c3ccc(-c4ccc5c(c4)oc4ccc(-c6ccc7c8ccccc8n(-c8ccccc8)c7c6)cc45)cc3)n2)cc1. The van der Waals surface area contributed by atoms with Gasteiger partial charge in [0, 0.05) is 43.9 Å². The largest absolute Gasteiger partial charge is 0.456 e. The number of nitrogens with zero attached hydrogens (tertiary/aromatic N) is 4. The molecule has 3 aromatic heterocycles. The molecule has 0 fully saturated rings. The molecule has 0 amide bonds. The van der Waals surface area contributed by atoms with Gasteiger partial charge in [0.25, 0.3) is 0 Å². The highest BCUT2D eigenvalue weighted by Gasteiger charge is 2.16. The maximum atomic E-state index is 6.46. The second kappa shape index (κ2) is 13.0. The maximum absolute atomic E-state index is 6.46. The minimum Gasteiger partial charge on any atom is -0.456 e. The van der Waals surface area contributed by atoms with E-state index in [1.165, 1.54) is 21.8 Å². The monoisotopic (exact) mass is 716 g/mol. The van der Waals surface area contributed by atoms with E-state index >= 15 is 0 Å². The average molecular weight is 717 g/mol. The third-order valence-electron chi connectivity index (χ3n) is 10.7. The molecule has 0 aliphatic heterocycles. The summed E-state index contributed by atoms with van der Waals surface area (Å²) >= 11 is 0. The molecule has 0 spiro atoms. The van der Waals surface area contributed by atoms with Crippen LogP contribution in [0.25, 0.3) is 106 Å². The summed E-state index contributed by atoms with van der Waals surface area (Å²) in [6, 6.07) is 67.5. The summed E-state index contributed by atoms with van der Waals surface area (Å²) in [5.74, 6) is 1.93. The Morgan fingerprint density at radius 3 is 1.46 bits per heavy atom. The van der Waals surface area contributed by atoms with E-state index in [9.17, 15) is 0 Å². The van der Waals surface area contributed by atoms with Crippen LogP contribution < -0.4 is 0 Å². The third kappa shape index (κ3) is 5.45. The highest BCUT2D eigenvalue weighted by Crippen LogP contribution is 2.38. The number of para-hydroxylation sites is 2. The zero-order chi connectivity index (χ0) is 37.0. The van der Waals surface area contributed by atoms with Crippen molar-refractivity contribution >= 4 is 43.7 Å². The molecular weight excluding hydrogens is 685 g/mol. The summed E-state index contributed by atoms with van der Waals surface area (Å²) in [7, 11) is 0. The minimum absolute atomic E-state index is 0.633. The average Bonchev–Trinajstić information content (AvgIpc) is 3.81. The van der Waals surface area contributed by atoms with Gasteiger partial charge in [-0.15, -0.1) is 0 Å². The van der Waals surface area contributed by atoms with Crippen LogP contribution in [-0.2, 0) is 0 Å². The third-order valence-corrected chi connectivity index (χ3v) is 10.7. The van der Waals surface area contributed by atoms with Crippen molar-refractivity contribution in [1.82, 2.24) is 19.5 Å². The van der Waals surface area contributed by atoms with E-state index in [0.29, 0.717) is 17.5 Å². The number of hydrogen-bond donors (Lipinski definition) is 0. The molecule has 0 saturated carbocycles. The maximum Gasteiger partial charge on any atom is 0.164 e. The van der Waals surface area contributed by atoms with Crippen LogP contribution in [0.2, 0.25) is 0 Å². The molecule has 0 unspecified atom stereocenters. The molecule has 0 radical (unpaired) electrons. The zero-order valence-electron chi connectivity index (χ0n) is 30.2. The molecule has 0 atom stereocenters. The Labute approximate surface area is 322 Å². The topological polar surface area (TPSA) is 56.7 Å². The lowest BCUT2D eigenvalue weighted by atomic mass is 9.99. The van der Waals surface area contributed by atoms with Crippen molar-refractivity contribution < 1.29 is 4.42 Å². The second-order valence-electron chi connectivity index (χ2n) is 14.1. The van der Waals surface area contributed by atoms with Gasteiger partial charge in [0.2, 0.25) is 0 Å². The van der Waals surface area contributed by atoms with Crippen molar-refractivity contribution in [3.05, 3.63) is 194 Å². The van der Waals surface area contributed by atoms with Crippen molar-refractivity contribution in [3.63, 3.8) is 0 Å². The number of fused-ring (bicyclic) bond motifs is 6. The van der Waals surface area contributed by atoms with E-state index in [-0.39, 0.29) is 0 Å². The Kier molecular flexibility index (Phi) is 7.42. The molecule has 5 nitrogen and oxygen atoms in total. The zero-order valence-corrected chi connectivity index (χ0v) is 30.2. The Balaban J connectivity index is 0.940. The van der Waals surface area contributed by atoms with E-state index in [0.717, 1.165) is 66.6 Å². The lowest BCUT2D eigenvalue weighted by Crippen LogP contribution is -2.00. The van der Waals surface area contributed by atoms with Crippen LogP contribution in [0, 0.1) is 0 Å². The van der Waals surface area contributed by atoms with Gasteiger partial charge < -0.3 is 8.98 Å². The van der Waals surface area contributed by atoms with Crippen LogP contribution in [0.3, 0.4) is 0 Å². The molecule has 0 aliphatic rings. The van der Waals surface area contributed by atoms with Gasteiger partial charge in [-0.25, -0.2) is 15.0 Å². The second-order valence-corrected chi connectivity index (χ2v) is 14.1. The van der Waals surface area contributed by atoms with E-state index in [1.807, 2.05) is 60.7 Å². The van der Waals surface area contributed by atoms with Crippen molar-refractivity contribution in [2.24, 2.45) is 0 Å². The number of hydrogen-bond acceptors (Lipinski definition) is 4. The Hall–Kier alpha value is -7.63. The Morgan fingerprint density at radius 2 is 0.786 bits per heavy atom. The summed E-state index contributed by atoms with van der Waals surface area (Å²) in [5.41, 5.74) is 12.6. The van der Waals surface area contributed by atoms with Crippen LogP contribution in [0.1, 0.15) is 0 Å². The Bertz CT molecular complexity index is 3160. The van der Waals surface area contributed by atoms with Crippen LogP contribution in [0.15, 0.2) is 199 Å². The van der Waals surface area contributed by atoms with E-state index < -0.39 is 0 Å². The molecular formula is C51H32N4O. The fourth-order valence-electron chi connectivity index (χ4n) is 7.89. The van der Waals surface area contributed by atoms with Gasteiger partial charge in [-0.05, 0) is 70.8 Å². The summed E-state index contributed by atoms with van der Waals surface area (Å²) < 4.78 is 8.83. The number of rotatable bonds is 6.